The normalized spacial score (nSPS) is 22.1. The third-order valence-electron chi connectivity index (χ3n) is 25.8. The zero-order valence-corrected chi connectivity index (χ0v) is 94.4. The average molecular weight is 2390 g/mol. The standard InChI is InChI=1S/C24H33NO5S.C20H28BrNO5S.C18H24BrNO5S.C17H24BrNO5S.C12H16BrNO4S.C6H6BrNO2S/c1-16-8-10-18(11-9-16)23(26)25(19-13-29-15-30-14-19)20-12-21(17-6-4-3-5-7-17)31-22(20)24(27)28-2;1-12-5-7-13(8-6-12)18(23)22(14-10-26-20(2,3)27-11-14)15-9-16(21)28-17(15)19(24)25-4;1-11-3-5-12(6-4-11)17(21)20(13-8-24-10-25-9-13)14-7-15(19)26-16(14)18(22)23-2;1-10-3-5-11(6-4-10)16(22)19(12(8-20)9-21)13-7-14(18)25-15(13)17(23)24-2;1-12(2)17-5-7(6-18-12)14-8-4-9(13)19-10(8)11(15)16-3;1-10-6(9)5-3(8)2-4(7)11-5/h6,12,16,18-19H,3-5,7-11,13-15H2,1-2H3;9,12-14H,5-8,10-11H2,1-4H3;7,11-13H,3-6,8-10H2,1-2H3;7,10-12,20-21H,3-6,8-9H2,1-2H3;4,7,14H,5-6H2,1-3H3;2H,8H2,1H3. The smallest absolute Gasteiger partial charge is 0.350 e. The van der Waals surface area contributed by atoms with E-state index in [-0.39, 0.29) is 109 Å². The summed E-state index contributed by atoms with van der Waals surface area (Å²) in [6.07, 6.45) is 21.8. The second-order valence-electron chi connectivity index (χ2n) is 36.9. The Morgan fingerprint density at radius 1 is 0.400 bits per heavy atom. The fourth-order valence-corrected chi connectivity index (χ4v) is 26.3. The third kappa shape index (κ3) is 32.1. The van der Waals surface area contributed by atoms with Gasteiger partial charge in [-0.1, -0.05) is 33.8 Å². The first-order valence-corrected chi connectivity index (χ1v) is 55.9. The summed E-state index contributed by atoms with van der Waals surface area (Å²) in [5.74, 6) is -1.46. The number of thiophene rings is 6. The van der Waals surface area contributed by atoms with Crippen molar-refractivity contribution in [3.63, 3.8) is 0 Å². The third-order valence-corrected chi connectivity index (χ3v) is 35.1. The van der Waals surface area contributed by atoms with Crippen LogP contribution in [0.15, 0.2) is 61.4 Å². The Morgan fingerprint density at radius 2 is 0.707 bits per heavy atom. The van der Waals surface area contributed by atoms with Crippen molar-refractivity contribution in [2.24, 2.45) is 47.3 Å². The number of hydrogen-bond acceptors (Lipinski definition) is 34. The number of carbonyl (C=O) groups excluding carboxylic acids is 10. The summed E-state index contributed by atoms with van der Waals surface area (Å²) < 4.78 is 77.7. The lowest BCUT2D eigenvalue weighted by Crippen LogP contribution is -2.54. The molecule has 10 heterocycles. The van der Waals surface area contributed by atoms with Gasteiger partial charge >= 0.3 is 35.8 Å². The van der Waals surface area contributed by atoms with Crippen LogP contribution in [0.1, 0.15) is 247 Å². The van der Waals surface area contributed by atoms with Crippen LogP contribution in [-0.4, -0.2) is 234 Å². The predicted octanol–water partition coefficient (Wildman–Crippen LogP) is 21.0. The number of halogens is 5. The van der Waals surface area contributed by atoms with E-state index in [1.54, 1.807) is 26.8 Å². The highest BCUT2D eigenvalue weighted by atomic mass is 79.9. The van der Waals surface area contributed by atoms with E-state index >= 15 is 0 Å². The summed E-state index contributed by atoms with van der Waals surface area (Å²) >= 11 is 24.6. The predicted molar refractivity (Wildman–Crippen MR) is 560 cm³/mol. The summed E-state index contributed by atoms with van der Waals surface area (Å²) in [6, 6.07) is 9.29. The number of nitrogens with two attached hydrogens (primary N) is 1. The highest BCUT2D eigenvalue weighted by molar-refractivity contribution is 9.12. The molecule has 0 unspecified atom stereocenters. The SMILES string of the molecule is COC(=O)c1sc(Br)cc1N.COC(=O)c1sc(Br)cc1N(C(=O)C1CCC(C)CC1)C(CO)CO.COC(=O)c1sc(Br)cc1N(C(=O)C1CCC(C)CC1)C1COC(C)(C)OC1.COC(=O)c1sc(Br)cc1N(C(=O)C1CCC(C)CC1)C1COCOC1.COC(=O)c1sc(Br)cc1NC1COC(C)(C)OC1.COC(=O)c1sc(C2=CCCCC2)cc1N(C(=O)C1CCC(C)CC1)C1COCOC1. The molecule has 0 aromatic carbocycles. The van der Waals surface area contributed by atoms with E-state index in [0.29, 0.717) is 133 Å². The summed E-state index contributed by atoms with van der Waals surface area (Å²) in [4.78, 5) is 136. The van der Waals surface area contributed by atoms with Crippen LogP contribution < -0.4 is 30.7 Å². The van der Waals surface area contributed by atoms with Gasteiger partial charge in [0.2, 0.25) is 23.6 Å². The molecule has 4 amide bonds. The molecule has 9 aliphatic rings. The van der Waals surface area contributed by atoms with Crippen LogP contribution >= 0.6 is 148 Å². The van der Waals surface area contributed by atoms with E-state index in [2.05, 4.69) is 123 Å². The Labute approximate surface area is 885 Å². The van der Waals surface area contributed by atoms with Crippen molar-refractivity contribution in [3.8, 4) is 0 Å². The van der Waals surface area contributed by atoms with Crippen LogP contribution in [0, 0.1) is 47.3 Å². The lowest BCUT2D eigenvalue weighted by molar-refractivity contribution is -0.250. The molecule has 4 saturated heterocycles. The van der Waals surface area contributed by atoms with E-state index < -0.39 is 47.5 Å². The molecule has 5 N–H and O–H groups in total. The molecule has 140 heavy (non-hydrogen) atoms. The summed E-state index contributed by atoms with van der Waals surface area (Å²) in [5, 5.41) is 22.6. The van der Waals surface area contributed by atoms with Crippen LogP contribution in [0.2, 0.25) is 0 Å². The average Bonchev–Trinajstić information content (AvgIpc) is 1.66. The van der Waals surface area contributed by atoms with Gasteiger partial charge in [-0.25, -0.2) is 28.8 Å². The molecular formula is C97H131Br5N6O26S6. The van der Waals surface area contributed by atoms with E-state index in [9.17, 15) is 58.2 Å². The fraction of sp³-hybridized carbons (Fsp3) is 0.629. The molecule has 5 aliphatic carbocycles. The number of carbonyl (C=O) groups is 10. The van der Waals surface area contributed by atoms with E-state index in [0.717, 1.165) is 159 Å². The molecule has 8 fully saturated rings. The number of nitrogens with zero attached hydrogens (tertiary/aromatic N) is 4. The molecule has 0 spiro atoms. The number of esters is 6. The first-order chi connectivity index (χ1) is 66.8. The minimum absolute atomic E-state index is 0.0120. The Morgan fingerprint density at radius 3 is 1.06 bits per heavy atom. The van der Waals surface area contributed by atoms with Crippen LogP contribution in [0.5, 0.6) is 0 Å². The maximum Gasteiger partial charge on any atom is 0.350 e. The highest BCUT2D eigenvalue weighted by Crippen LogP contribution is 2.47. The number of aliphatic hydroxyl groups is 2. The second-order valence-corrected chi connectivity index (χ2v) is 50.1. The van der Waals surface area contributed by atoms with Gasteiger partial charge < -0.3 is 107 Å². The number of aliphatic hydroxyl groups excluding tert-OH is 2. The van der Waals surface area contributed by atoms with E-state index in [1.165, 1.54) is 116 Å². The van der Waals surface area contributed by atoms with Gasteiger partial charge in [0, 0.05) is 28.5 Å². The number of allylic oxidation sites excluding steroid dienone is 2. The van der Waals surface area contributed by atoms with Gasteiger partial charge in [0.1, 0.15) is 42.8 Å². The summed E-state index contributed by atoms with van der Waals surface area (Å²) in [5.41, 5.74) is 10.1. The Bertz CT molecular complexity index is 5120. The van der Waals surface area contributed by atoms with Crippen LogP contribution in [0.3, 0.4) is 0 Å². The second kappa shape index (κ2) is 55.9. The lowest BCUT2D eigenvalue weighted by atomic mass is 9.82. The molecular weight excluding hydrogens is 2260 g/mol. The number of ether oxygens (including phenoxy) is 14. The molecule has 776 valence electrons. The van der Waals surface area contributed by atoms with Gasteiger partial charge in [0.15, 0.2) is 11.6 Å². The molecule has 4 aliphatic heterocycles. The number of nitrogen functional groups attached to an aromatic ring is 1. The molecule has 0 atom stereocenters. The summed E-state index contributed by atoms with van der Waals surface area (Å²) in [7, 11) is 8.08. The molecule has 15 rings (SSSR count). The number of methoxy groups -OCH3 is 6. The minimum atomic E-state index is -0.795. The lowest BCUT2D eigenvalue weighted by Gasteiger charge is -2.41. The molecule has 4 saturated carbocycles. The molecule has 6 aromatic rings. The van der Waals surface area contributed by atoms with Crippen molar-refractivity contribution >= 4 is 247 Å². The molecule has 32 nitrogen and oxygen atoms in total. The minimum Gasteiger partial charge on any atom is -0.465 e. The van der Waals surface area contributed by atoms with Gasteiger partial charge in [0.05, 0.1) is 192 Å². The number of amides is 4. The molecule has 43 heteroatoms. The van der Waals surface area contributed by atoms with Gasteiger partial charge in [-0.15, -0.1) is 68.0 Å². The summed E-state index contributed by atoms with van der Waals surface area (Å²) in [6.45, 7) is 19.4. The Balaban J connectivity index is 0.000000176. The van der Waals surface area contributed by atoms with Crippen molar-refractivity contribution in [1.29, 1.82) is 0 Å². The van der Waals surface area contributed by atoms with Gasteiger partial charge in [0.25, 0.3) is 0 Å². The quantitative estimate of drug-likeness (QED) is 0.0342. The first-order valence-electron chi connectivity index (χ1n) is 47.0. The maximum absolute atomic E-state index is 13.8. The zero-order valence-electron chi connectivity index (χ0n) is 81.6. The molecule has 6 aromatic heterocycles. The number of hydrogen-bond donors (Lipinski definition) is 4. The van der Waals surface area contributed by atoms with Crippen LogP contribution in [0.4, 0.5) is 34.1 Å². The van der Waals surface area contributed by atoms with Gasteiger partial charge in [-0.2, -0.15) is 0 Å². The first kappa shape index (κ1) is 116. The highest BCUT2D eigenvalue weighted by Gasteiger charge is 2.45. The number of rotatable bonds is 23. The van der Waals surface area contributed by atoms with Gasteiger partial charge in [-0.05, 0) is 301 Å². The fourth-order valence-electron chi connectivity index (χ4n) is 17.8. The molecule has 0 bridgehead atoms. The molecule has 0 radical (unpaired) electrons. The number of nitrogens with one attached hydrogen (secondary N) is 1. The topological polar surface area (TPSA) is 391 Å². The maximum atomic E-state index is 13.8. The van der Waals surface area contributed by atoms with Crippen molar-refractivity contribution in [1.82, 2.24) is 0 Å². The Hall–Kier alpha value is -5.76. The van der Waals surface area contributed by atoms with Crippen LogP contribution in [-0.2, 0) is 85.5 Å². The van der Waals surface area contributed by atoms with Crippen molar-refractivity contribution in [2.45, 2.75) is 226 Å². The van der Waals surface area contributed by atoms with Crippen LogP contribution in [0.25, 0.3) is 5.57 Å². The van der Waals surface area contributed by atoms with Crippen molar-refractivity contribution in [3.05, 3.63) is 95.5 Å². The Kier molecular flexibility index (Phi) is 46.3. The monoisotopic (exact) mass is 2380 g/mol. The van der Waals surface area contributed by atoms with E-state index in [4.69, 9.17) is 67.3 Å². The number of anilines is 6. The van der Waals surface area contributed by atoms with Gasteiger partial charge in [-0.3, -0.25) is 19.2 Å². The van der Waals surface area contributed by atoms with Crippen molar-refractivity contribution < 1.29 is 124 Å². The van der Waals surface area contributed by atoms with E-state index in [1.807, 2.05) is 52.0 Å². The largest absolute Gasteiger partial charge is 0.465 e. The zero-order chi connectivity index (χ0) is 102. The van der Waals surface area contributed by atoms with Crippen molar-refractivity contribution in [2.75, 3.05) is 153 Å².